The molecule has 3 aromatic rings. The van der Waals surface area contributed by atoms with E-state index < -0.39 is 0 Å². The van der Waals surface area contributed by atoms with E-state index in [9.17, 15) is 0 Å². The smallest absolute Gasteiger partial charge is 1.00 e. The van der Waals surface area contributed by atoms with Crippen LogP contribution < -0.4 is 48.2 Å². The van der Waals surface area contributed by atoms with Gasteiger partial charge < -0.3 is 2.85 Å². The first-order chi connectivity index (χ1) is 17.9. The maximum absolute atomic E-state index is 3.95. The van der Waals surface area contributed by atoms with Crippen LogP contribution in [0.4, 0.5) is 0 Å². The fraction of sp³-hybridized carbons (Fsp3) is 0.324. The van der Waals surface area contributed by atoms with E-state index in [4.69, 9.17) is 0 Å². The number of hydrogen-bond donors (Lipinski definition) is 0. The summed E-state index contributed by atoms with van der Waals surface area (Å²) in [6.45, 7) is 13.6. The minimum Gasteiger partial charge on any atom is -1.00 e. The van der Waals surface area contributed by atoms with E-state index in [0.717, 1.165) is 19.3 Å². The van der Waals surface area contributed by atoms with Gasteiger partial charge in [-0.3, -0.25) is 0 Å². The second-order valence-electron chi connectivity index (χ2n) is 11.0. The first-order valence-corrected chi connectivity index (χ1v) is 14.0. The van der Waals surface area contributed by atoms with Gasteiger partial charge in [0.2, 0.25) is 0 Å². The molecule has 0 N–H and O–H groups in total. The number of fused-ring (bicyclic) bond motifs is 2. The minimum absolute atomic E-state index is 0. The van der Waals surface area contributed by atoms with Gasteiger partial charge in [0.25, 0.3) is 0 Å². The molecule has 0 saturated carbocycles. The van der Waals surface area contributed by atoms with Gasteiger partial charge in [-0.1, -0.05) is 118 Å². The van der Waals surface area contributed by atoms with Crippen molar-refractivity contribution in [2.24, 2.45) is 11.8 Å². The Morgan fingerprint density at radius 1 is 0.769 bits per heavy atom. The molecule has 0 fully saturated rings. The van der Waals surface area contributed by atoms with Crippen LogP contribution in [0.2, 0.25) is 0 Å². The van der Waals surface area contributed by atoms with Crippen molar-refractivity contribution in [3.05, 3.63) is 122 Å². The molecule has 3 aromatic carbocycles. The fourth-order valence-electron chi connectivity index (χ4n) is 4.78. The molecule has 2 atom stereocenters. The summed E-state index contributed by atoms with van der Waals surface area (Å²) in [5, 5.41) is 2.66. The molecule has 2 heteroatoms. The Morgan fingerprint density at radius 3 is 1.85 bits per heavy atom. The fourth-order valence-corrected chi connectivity index (χ4v) is 4.78. The van der Waals surface area contributed by atoms with E-state index >= 15 is 0 Å². The molecule has 0 nitrogen and oxygen atoms in total. The van der Waals surface area contributed by atoms with Crippen molar-refractivity contribution >= 4 is 23.3 Å². The van der Waals surface area contributed by atoms with E-state index in [2.05, 4.69) is 132 Å². The van der Waals surface area contributed by atoms with E-state index in [1.165, 1.54) is 61.4 Å². The van der Waals surface area contributed by atoms with Gasteiger partial charge in [0, 0.05) is 11.1 Å². The Hall–Kier alpha value is -2.15. The summed E-state index contributed by atoms with van der Waals surface area (Å²) in [5.74, 6) is 1.23. The van der Waals surface area contributed by atoms with E-state index in [1.807, 2.05) is 0 Å². The normalized spacial score (nSPS) is 13.6. The van der Waals surface area contributed by atoms with Crippen LogP contribution in [-0.2, 0) is 0 Å². The van der Waals surface area contributed by atoms with Crippen molar-refractivity contribution in [2.45, 2.75) is 67.2 Å². The SMILES string of the molecule is CCC(C)CC(=C=C(C=C(CC(C)CC)c1ccc(C)cc1)C=C1c2cccc1c2)c1ccc(C)cc1.[H-].[H-].[Li+].[Li+]. The minimum atomic E-state index is 0. The van der Waals surface area contributed by atoms with Crippen molar-refractivity contribution in [3.8, 4) is 0 Å². The number of allylic oxidation sites excluding steroid dienone is 3. The molecule has 1 aliphatic rings. The third-order valence-corrected chi connectivity index (χ3v) is 7.75. The van der Waals surface area contributed by atoms with E-state index in [1.54, 1.807) is 0 Å². The Labute approximate surface area is 264 Å². The molecule has 0 saturated heterocycles. The molecule has 0 aromatic heterocycles. The third-order valence-electron chi connectivity index (χ3n) is 7.75. The van der Waals surface area contributed by atoms with Gasteiger partial charge in [0.05, 0.1) is 0 Å². The second kappa shape index (κ2) is 15.6. The van der Waals surface area contributed by atoms with Crippen molar-refractivity contribution in [2.75, 3.05) is 0 Å². The first-order valence-electron chi connectivity index (χ1n) is 14.0. The van der Waals surface area contributed by atoms with Gasteiger partial charge in [-0.25, -0.2) is 0 Å². The molecular formula is C37H44Li2. The largest absolute Gasteiger partial charge is 1.00 e. The molecule has 39 heavy (non-hydrogen) atoms. The average molecular weight is 503 g/mol. The van der Waals surface area contributed by atoms with Gasteiger partial charge in [0.15, 0.2) is 0 Å². The molecule has 2 unspecified atom stereocenters. The van der Waals surface area contributed by atoms with Crippen LogP contribution in [0.3, 0.4) is 0 Å². The monoisotopic (exact) mass is 502 g/mol. The zero-order chi connectivity index (χ0) is 26.4. The van der Waals surface area contributed by atoms with E-state index in [-0.39, 0.29) is 40.6 Å². The van der Waals surface area contributed by atoms with Crippen LogP contribution in [0.15, 0.2) is 84.1 Å². The molecule has 2 bridgehead atoms. The molecule has 0 aliphatic heterocycles. The van der Waals surface area contributed by atoms with Crippen LogP contribution >= 0.6 is 0 Å². The number of benzene rings is 3. The predicted molar refractivity (Wildman–Crippen MR) is 165 cm³/mol. The first kappa shape index (κ1) is 33.1. The summed E-state index contributed by atoms with van der Waals surface area (Å²) in [6.07, 6.45) is 11.5. The molecule has 194 valence electrons. The van der Waals surface area contributed by atoms with Crippen LogP contribution in [0, 0.1) is 25.7 Å². The van der Waals surface area contributed by atoms with Gasteiger partial charge >= 0.3 is 37.7 Å². The second-order valence-corrected chi connectivity index (χ2v) is 11.0. The van der Waals surface area contributed by atoms with Crippen LogP contribution in [0.25, 0.3) is 23.3 Å². The zero-order valence-electron chi connectivity index (χ0n) is 27.6. The van der Waals surface area contributed by atoms with Gasteiger partial charge in [-0.05, 0) is 89.5 Å². The van der Waals surface area contributed by atoms with Crippen LogP contribution in [-0.4, -0.2) is 0 Å². The summed E-state index contributed by atoms with van der Waals surface area (Å²) in [5.41, 5.74) is 14.3. The Balaban J connectivity index is 0.00000400. The van der Waals surface area contributed by atoms with Crippen molar-refractivity contribution < 1.29 is 40.6 Å². The number of rotatable bonds is 10. The van der Waals surface area contributed by atoms with Gasteiger partial charge in [-0.15, -0.1) is 5.73 Å². The average Bonchev–Trinajstić information content (AvgIpc) is 2.91. The Bertz CT molecular complexity index is 1460. The van der Waals surface area contributed by atoms with Crippen molar-refractivity contribution in [3.63, 3.8) is 0 Å². The summed E-state index contributed by atoms with van der Waals surface area (Å²) < 4.78 is 0. The molecule has 0 spiro atoms. The Kier molecular flexibility index (Phi) is 13.2. The van der Waals surface area contributed by atoms with Crippen molar-refractivity contribution in [1.29, 1.82) is 0 Å². The summed E-state index contributed by atoms with van der Waals surface area (Å²) >= 11 is 0. The van der Waals surface area contributed by atoms with Crippen LogP contribution in [0.5, 0.6) is 0 Å². The topological polar surface area (TPSA) is 0 Å². The maximum Gasteiger partial charge on any atom is 1.00 e. The molecule has 0 amide bonds. The maximum atomic E-state index is 3.95. The predicted octanol–water partition coefficient (Wildman–Crippen LogP) is 3.02. The molecule has 0 heterocycles. The molecule has 4 rings (SSSR count). The zero-order valence-corrected chi connectivity index (χ0v) is 25.6. The Morgan fingerprint density at radius 2 is 1.33 bits per heavy atom. The van der Waals surface area contributed by atoms with Crippen LogP contribution in [0.1, 0.15) is 84.0 Å². The molecule has 1 aliphatic carbocycles. The summed E-state index contributed by atoms with van der Waals surface area (Å²) in [7, 11) is 0. The molecule has 0 radical (unpaired) electrons. The summed E-state index contributed by atoms with van der Waals surface area (Å²) in [4.78, 5) is 0. The third kappa shape index (κ3) is 8.93. The van der Waals surface area contributed by atoms with Gasteiger partial charge in [-0.2, -0.15) is 0 Å². The number of aryl methyl sites for hydroxylation is 2. The van der Waals surface area contributed by atoms with E-state index in [0.29, 0.717) is 11.8 Å². The molecular weight excluding hydrogens is 458 g/mol. The summed E-state index contributed by atoms with van der Waals surface area (Å²) in [6, 6.07) is 24.6. The number of hydrogen-bond acceptors (Lipinski definition) is 0. The standard InChI is InChI=1S/C37H42.2Li.2H/c1-7-26(3)20-35(31-16-12-28(5)13-17-31)22-30(24-37-33-10-9-11-34(37)25-33)23-36(21-27(4)8-2)32-18-14-29(6)15-19-32;;;;/h9-19,22,24-27H,7-8,20-21H2,1-6H3;;;;/q;2*+1;2*-1. The van der Waals surface area contributed by atoms with Crippen molar-refractivity contribution in [1.82, 2.24) is 0 Å². The quantitative estimate of drug-likeness (QED) is 0.178. The van der Waals surface area contributed by atoms with Gasteiger partial charge in [0.1, 0.15) is 0 Å².